The minimum absolute atomic E-state index is 0.107. The summed E-state index contributed by atoms with van der Waals surface area (Å²) in [5.74, 6) is 2.23. The molecule has 0 N–H and O–H groups in total. The van der Waals surface area contributed by atoms with E-state index in [-0.39, 0.29) is 17.5 Å². The molecule has 4 saturated carbocycles. The third-order valence-corrected chi connectivity index (χ3v) is 8.81. The molecule has 1 spiro atoms. The van der Waals surface area contributed by atoms with Gasteiger partial charge in [-0.2, -0.15) is 0 Å². The van der Waals surface area contributed by atoms with Gasteiger partial charge in [-0.25, -0.2) is 0 Å². The molecule has 4 fully saturated rings. The van der Waals surface area contributed by atoms with Crippen LogP contribution in [0.3, 0.4) is 0 Å². The summed E-state index contributed by atoms with van der Waals surface area (Å²) in [5, 5.41) is 0. The van der Waals surface area contributed by atoms with Crippen molar-refractivity contribution < 1.29 is 9.53 Å². The number of carbonyl (C=O) groups excluding carboxylic acids is 1. The van der Waals surface area contributed by atoms with Crippen LogP contribution in [0.25, 0.3) is 0 Å². The lowest BCUT2D eigenvalue weighted by atomic mass is 9.38. The van der Waals surface area contributed by atoms with Crippen LogP contribution >= 0.6 is 0 Å². The quantitative estimate of drug-likeness (QED) is 0.467. The molecule has 0 amide bonds. The van der Waals surface area contributed by atoms with Crippen LogP contribution in [0, 0.1) is 34.0 Å². The molecule has 0 aromatic rings. The Morgan fingerprint density at radius 2 is 1.88 bits per heavy atom. The minimum Gasteiger partial charge on any atom is -0.463 e. The number of carbonyl (C=O) groups is 1. The van der Waals surface area contributed by atoms with Crippen LogP contribution in [0.1, 0.15) is 79.1 Å². The predicted molar refractivity (Wildman–Crippen MR) is 96.4 cm³/mol. The molecule has 0 saturated heterocycles. The van der Waals surface area contributed by atoms with Gasteiger partial charge in [0.15, 0.2) is 0 Å². The van der Waals surface area contributed by atoms with Gasteiger partial charge in [0.05, 0.1) is 0 Å². The highest BCUT2D eigenvalue weighted by molar-refractivity contribution is 5.66. The van der Waals surface area contributed by atoms with Gasteiger partial charge >= 0.3 is 5.97 Å². The van der Waals surface area contributed by atoms with E-state index >= 15 is 0 Å². The van der Waals surface area contributed by atoms with E-state index in [1.165, 1.54) is 44.1 Å². The predicted octanol–water partition coefficient (Wildman–Crippen LogP) is 5.52. The third-order valence-electron chi connectivity index (χ3n) is 8.81. The number of ether oxygens (including phenoxy) is 1. The molecule has 134 valence electrons. The SMILES string of the molecule is C=C1CC2CCC3C(C)(C)CC(OC(C)=O)CC3(C)C23CCC1C3. The summed E-state index contributed by atoms with van der Waals surface area (Å²) in [4.78, 5) is 11.6. The van der Waals surface area contributed by atoms with Crippen LogP contribution in [-0.2, 0) is 9.53 Å². The molecule has 4 aliphatic carbocycles. The van der Waals surface area contributed by atoms with Crippen molar-refractivity contribution in [2.75, 3.05) is 0 Å². The molecule has 0 aromatic carbocycles. The molecule has 6 atom stereocenters. The topological polar surface area (TPSA) is 26.3 Å². The van der Waals surface area contributed by atoms with E-state index < -0.39 is 0 Å². The Balaban J connectivity index is 1.74. The van der Waals surface area contributed by atoms with Gasteiger partial charge < -0.3 is 4.74 Å². The zero-order valence-electron chi connectivity index (χ0n) is 16.0. The summed E-state index contributed by atoms with van der Waals surface area (Å²) >= 11 is 0. The normalized spacial score (nSPS) is 49.2. The zero-order valence-corrected chi connectivity index (χ0v) is 16.0. The Labute approximate surface area is 147 Å². The van der Waals surface area contributed by atoms with Crippen molar-refractivity contribution >= 4 is 5.97 Å². The first-order valence-electron chi connectivity index (χ1n) is 10.0. The molecule has 2 bridgehead atoms. The molecule has 2 heteroatoms. The maximum atomic E-state index is 11.6. The van der Waals surface area contributed by atoms with Crippen molar-refractivity contribution in [3.8, 4) is 0 Å². The van der Waals surface area contributed by atoms with Gasteiger partial charge in [-0.05, 0) is 85.4 Å². The van der Waals surface area contributed by atoms with Crippen LogP contribution in [0.5, 0.6) is 0 Å². The van der Waals surface area contributed by atoms with Crippen molar-refractivity contribution in [2.45, 2.75) is 85.2 Å². The number of hydrogen-bond acceptors (Lipinski definition) is 2. The van der Waals surface area contributed by atoms with Gasteiger partial charge in [-0.15, -0.1) is 0 Å². The Morgan fingerprint density at radius 3 is 2.58 bits per heavy atom. The minimum atomic E-state index is -0.107. The lowest BCUT2D eigenvalue weighted by molar-refractivity contribution is -0.199. The first-order chi connectivity index (χ1) is 11.2. The van der Waals surface area contributed by atoms with E-state index in [2.05, 4.69) is 27.4 Å². The Kier molecular flexibility index (Phi) is 3.55. The summed E-state index contributed by atoms with van der Waals surface area (Å²) in [6.07, 6.45) is 10.3. The van der Waals surface area contributed by atoms with E-state index in [0.29, 0.717) is 10.8 Å². The van der Waals surface area contributed by atoms with E-state index in [1.54, 1.807) is 6.92 Å². The summed E-state index contributed by atoms with van der Waals surface area (Å²) in [7, 11) is 0. The van der Waals surface area contributed by atoms with Gasteiger partial charge in [-0.3, -0.25) is 4.79 Å². The molecule has 0 radical (unpaired) electrons. The van der Waals surface area contributed by atoms with Crippen LogP contribution in [0.2, 0.25) is 0 Å². The second-order valence-corrected chi connectivity index (χ2v) is 10.3. The molecular weight excluding hydrogens is 296 g/mol. The molecule has 6 unspecified atom stereocenters. The fraction of sp³-hybridized carbons (Fsp3) is 0.864. The average Bonchev–Trinajstić information content (AvgIpc) is 2.83. The molecule has 24 heavy (non-hydrogen) atoms. The largest absolute Gasteiger partial charge is 0.463 e. The molecule has 4 rings (SSSR count). The molecule has 4 aliphatic rings. The number of allylic oxidation sites excluding steroid dienone is 1. The van der Waals surface area contributed by atoms with Crippen molar-refractivity contribution in [2.24, 2.45) is 34.0 Å². The van der Waals surface area contributed by atoms with Gasteiger partial charge in [0.2, 0.25) is 0 Å². The number of hydrogen-bond donors (Lipinski definition) is 0. The standard InChI is InChI=1S/C22H34O2/c1-14-10-17-6-7-19-20(3,4)12-18(24-15(2)23)13-21(19,5)22(17)9-8-16(14)11-22/h16-19H,1,6-13H2,2-5H3. The maximum absolute atomic E-state index is 11.6. The lowest BCUT2D eigenvalue weighted by Crippen LogP contribution is -2.61. The van der Waals surface area contributed by atoms with E-state index in [9.17, 15) is 4.79 Å². The van der Waals surface area contributed by atoms with E-state index in [4.69, 9.17) is 4.74 Å². The zero-order chi connectivity index (χ0) is 17.3. The Hall–Kier alpha value is -0.790. The summed E-state index contributed by atoms with van der Waals surface area (Å²) in [6.45, 7) is 13.4. The van der Waals surface area contributed by atoms with E-state index in [1.807, 2.05) is 0 Å². The van der Waals surface area contributed by atoms with Crippen molar-refractivity contribution in [1.29, 1.82) is 0 Å². The fourth-order valence-corrected chi connectivity index (χ4v) is 8.06. The van der Waals surface area contributed by atoms with Crippen LogP contribution in [0.4, 0.5) is 0 Å². The summed E-state index contributed by atoms with van der Waals surface area (Å²) in [6, 6.07) is 0. The molecular formula is C22H34O2. The van der Waals surface area contributed by atoms with Crippen LogP contribution in [-0.4, -0.2) is 12.1 Å². The third kappa shape index (κ3) is 2.10. The number of fused-ring (bicyclic) bond motifs is 2. The lowest BCUT2D eigenvalue weighted by Gasteiger charge is -2.67. The average molecular weight is 331 g/mol. The van der Waals surface area contributed by atoms with Crippen molar-refractivity contribution in [1.82, 2.24) is 0 Å². The highest BCUT2D eigenvalue weighted by Crippen LogP contribution is 2.74. The second-order valence-electron chi connectivity index (χ2n) is 10.3. The molecule has 2 nitrogen and oxygen atoms in total. The summed E-state index contributed by atoms with van der Waals surface area (Å²) < 4.78 is 5.79. The van der Waals surface area contributed by atoms with Gasteiger partial charge in [0, 0.05) is 6.92 Å². The molecule has 0 heterocycles. The van der Waals surface area contributed by atoms with Crippen molar-refractivity contribution in [3.05, 3.63) is 12.2 Å². The smallest absolute Gasteiger partial charge is 0.302 e. The van der Waals surface area contributed by atoms with Gasteiger partial charge in [0.1, 0.15) is 6.10 Å². The van der Waals surface area contributed by atoms with Crippen LogP contribution in [0.15, 0.2) is 12.2 Å². The number of rotatable bonds is 1. The highest BCUT2D eigenvalue weighted by atomic mass is 16.5. The monoisotopic (exact) mass is 330 g/mol. The van der Waals surface area contributed by atoms with Gasteiger partial charge in [-0.1, -0.05) is 32.9 Å². The second kappa shape index (κ2) is 5.11. The molecule has 0 aliphatic heterocycles. The Bertz CT molecular complexity index is 577. The summed E-state index contributed by atoms with van der Waals surface area (Å²) in [5.41, 5.74) is 2.58. The first-order valence-corrected chi connectivity index (χ1v) is 10.0. The van der Waals surface area contributed by atoms with Gasteiger partial charge in [0.25, 0.3) is 0 Å². The molecule has 0 aromatic heterocycles. The van der Waals surface area contributed by atoms with Crippen LogP contribution < -0.4 is 0 Å². The highest BCUT2D eigenvalue weighted by Gasteiger charge is 2.67. The number of esters is 1. The van der Waals surface area contributed by atoms with Crippen molar-refractivity contribution in [3.63, 3.8) is 0 Å². The fourth-order valence-electron chi connectivity index (χ4n) is 8.06. The van der Waals surface area contributed by atoms with E-state index in [0.717, 1.165) is 30.6 Å². The Morgan fingerprint density at radius 1 is 1.12 bits per heavy atom. The first kappa shape index (κ1) is 16.7. The maximum Gasteiger partial charge on any atom is 0.302 e.